The number of benzene rings is 1. The minimum absolute atomic E-state index is 0.112. The van der Waals surface area contributed by atoms with Gasteiger partial charge in [0.15, 0.2) is 16.4 Å². The smallest absolute Gasteiger partial charge is 0.195 e. The van der Waals surface area contributed by atoms with Gasteiger partial charge in [-0.1, -0.05) is 32.4 Å². The minimum atomic E-state index is -1.68. The Bertz CT molecular complexity index is 976. The topological polar surface area (TPSA) is 74.6 Å². The van der Waals surface area contributed by atoms with Gasteiger partial charge in [-0.25, -0.2) is 0 Å². The quantitative estimate of drug-likeness (QED) is 0.374. The van der Waals surface area contributed by atoms with E-state index in [-0.39, 0.29) is 28.8 Å². The number of alkyl halides is 1. The molecule has 5 heteroatoms. The molecule has 2 fully saturated rings. The molecule has 3 aliphatic rings. The Morgan fingerprint density at radius 1 is 1.27 bits per heavy atom. The number of ketones is 2. The largest absolute Gasteiger partial charge is 0.508 e. The van der Waals surface area contributed by atoms with E-state index in [0.717, 1.165) is 12.8 Å². The van der Waals surface area contributed by atoms with Crippen molar-refractivity contribution in [1.82, 2.24) is 0 Å². The molecule has 2 bridgehead atoms. The fourth-order valence-corrected chi connectivity index (χ4v) is 7.17. The van der Waals surface area contributed by atoms with E-state index >= 15 is 0 Å². The summed E-state index contributed by atoms with van der Waals surface area (Å²) in [6.07, 6.45) is 4.90. The summed E-state index contributed by atoms with van der Waals surface area (Å²) in [6, 6.07) is 2.69. The molecule has 30 heavy (non-hydrogen) atoms. The van der Waals surface area contributed by atoms with E-state index in [2.05, 4.69) is 19.9 Å². The highest BCUT2D eigenvalue weighted by Gasteiger charge is 2.80. The summed E-state index contributed by atoms with van der Waals surface area (Å²) < 4.78 is 0. The first-order chi connectivity index (χ1) is 13.9. The lowest BCUT2D eigenvalue weighted by atomic mass is 9.66. The standard InChI is InChI=1S/C25H31ClO4/c1-13(2)7-6-8-23(5)19-9-15(14(3)4)12-24(19)17-10-16(27)11-18(28)20(17)21(29)25(23,26)22(24)30/h7,10-11,14-15,19,27-28H,6,8-9,12H2,1-5H3. The van der Waals surface area contributed by atoms with Gasteiger partial charge < -0.3 is 10.2 Å². The van der Waals surface area contributed by atoms with Gasteiger partial charge in [0.1, 0.15) is 11.5 Å². The number of aromatic hydroxyl groups is 2. The highest BCUT2D eigenvalue weighted by Crippen LogP contribution is 2.73. The van der Waals surface area contributed by atoms with E-state index in [1.54, 1.807) is 0 Å². The van der Waals surface area contributed by atoms with E-state index in [1.807, 2.05) is 20.8 Å². The van der Waals surface area contributed by atoms with Crippen molar-refractivity contribution in [3.05, 3.63) is 34.9 Å². The van der Waals surface area contributed by atoms with Crippen LogP contribution in [0.25, 0.3) is 0 Å². The molecule has 0 radical (unpaired) electrons. The van der Waals surface area contributed by atoms with Crippen molar-refractivity contribution in [2.24, 2.45) is 23.2 Å². The fraction of sp³-hybridized carbons (Fsp3) is 0.600. The van der Waals surface area contributed by atoms with Crippen molar-refractivity contribution in [3.63, 3.8) is 0 Å². The first-order valence-electron chi connectivity index (χ1n) is 10.9. The maximum atomic E-state index is 14.1. The molecular weight excluding hydrogens is 400 g/mol. The number of rotatable bonds is 4. The van der Waals surface area contributed by atoms with Crippen LogP contribution in [0.2, 0.25) is 0 Å². The SMILES string of the molecule is CC(C)=CCCC1(C)C2CC(C(C)C)CC23C(=O)C1(Cl)C(=O)c1c(O)cc(O)cc13. The predicted octanol–water partition coefficient (Wildman–Crippen LogP) is 5.53. The molecule has 162 valence electrons. The van der Waals surface area contributed by atoms with Crippen LogP contribution in [0, 0.1) is 23.2 Å². The summed E-state index contributed by atoms with van der Waals surface area (Å²) in [6.45, 7) is 10.4. The second kappa shape index (κ2) is 6.59. The molecule has 4 nitrogen and oxygen atoms in total. The van der Waals surface area contributed by atoms with Gasteiger partial charge in [-0.3, -0.25) is 9.59 Å². The van der Waals surface area contributed by atoms with Crippen LogP contribution in [-0.2, 0) is 10.2 Å². The molecule has 0 amide bonds. The third-order valence-corrected chi connectivity index (χ3v) is 9.05. The average Bonchev–Trinajstić information content (AvgIpc) is 3.09. The molecule has 2 N–H and O–H groups in total. The maximum Gasteiger partial charge on any atom is 0.195 e. The number of Topliss-reactive ketones (excluding diaryl/α,β-unsaturated/α-hetero) is 2. The Kier molecular flexibility index (Phi) is 4.71. The lowest BCUT2D eigenvalue weighted by molar-refractivity contribution is -0.124. The van der Waals surface area contributed by atoms with E-state index in [1.165, 1.54) is 17.7 Å². The van der Waals surface area contributed by atoms with Crippen molar-refractivity contribution < 1.29 is 19.8 Å². The van der Waals surface area contributed by atoms with Crippen LogP contribution in [0.4, 0.5) is 0 Å². The van der Waals surface area contributed by atoms with Crippen LogP contribution < -0.4 is 0 Å². The van der Waals surface area contributed by atoms with Gasteiger partial charge in [0.2, 0.25) is 0 Å². The Labute approximate surface area is 183 Å². The highest BCUT2D eigenvalue weighted by atomic mass is 35.5. The van der Waals surface area contributed by atoms with Gasteiger partial charge in [0.05, 0.1) is 11.0 Å². The molecular formula is C25H31ClO4. The lowest BCUT2D eigenvalue weighted by Crippen LogP contribution is -2.55. The monoisotopic (exact) mass is 430 g/mol. The molecule has 5 atom stereocenters. The van der Waals surface area contributed by atoms with Crippen molar-refractivity contribution in [1.29, 1.82) is 0 Å². The minimum Gasteiger partial charge on any atom is -0.508 e. The number of phenolic OH excluding ortho intramolecular Hbond substituents is 2. The van der Waals surface area contributed by atoms with Crippen molar-refractivity contribution in [2.75, 3.05) is 0 Å². The molecule has 5 unspecified atom stereocenters. The predicted molar refractivity (Wildman–Crippen MR) is 117 cm³/mol. The fourth-order valence-electron chi connectivity index (χ4n) is 6.68. The van der Waals surface area contributed by atoms with Gasteiger partial charge in [0.25, 0.3) is 0 Å². The van der Waals surface area contributed by atoms with Crippen molar-refractivity contribution in [3.8, 4) is 11.5 Å². The number of phenols is 2. The summed E-state index contributed by atoms with van der Waals surface area (Å²) in [5.74, 6) is -0.570. The summed E-state index contributed by atoms with van der Waals surface area (Å²) in [5.41, 5.74) is 0.121. The molecule has 0 aliphatic heterocycles. The summed E-state index contributed by atoms with van der Waals surface area (Å²) in [5, 5.41) is 20.9. The number of fused-ring (bicyclic) bond motifs is 2. The van der Waals surface area contributed by atoms with Crippen LogP contribution in [0.3, 0.4) is 0 Å². The number of carbonyl (C=O) groups is 2. The summed E-state index contributed by atoms with van der Waals surface area (Å²) >= 11 is 7.10. The molecule has 0 saturated heterocycles. The molecule has 1 spiro atoms. The van der Waals surface area contributed by atoms with Crippen molar-refractivity contribution >= 4 is 23.2 Å². The second-order valence-electron chi connectivity index (χ2n) is 10.4. The van der Waals surface area contributed by atoms with Gasteiger partial charge >= 0.3 is 0 Å². The summed E-state index contributed by atoms with van der Waals surface area (Å²) in [4.78, 5) is 26.1. The van der Waals surface area contributed by atoms with Crippen molar-refractivity contribution in [2.45, 2.75) is 70.6 Å². The number of hydrogen-bond donors (Lipinski definition) is 2. The number of hydrogen-bond acceptors (Lipinski definition) is 4. The van der Waals surface area contributed by atoms with Crippen LogP contribution in [0.15, 0.2) is 23.8 Å². The van der Waals surface area contributed by atoms with Crippen LogP contribution in [-0.4, -0.2) is 26.7 Å². The Morgan fingerprint density at radius 2 is 1.93 bits per heavy atom. The number of allylic oxidation sites excluding steroid dienone is 2. The zero-order valence-corrected chi connectivity index (χ0v) is 19.1. The molecule has 0 aromatic heterocycles. The zero-order valence-electron chi connectivity index (χ0n) is 18.4. The van der Waals surface area contributed by atoms with E-state index in [4.69, 9.17) is 11.6 Å². The molecule has 1 aromatic carbocycles. The van der Waals surface area contributed by atoms with E-state index in [9.17, 15) is 19.8 Å². The zero-order chi connectivity index (χ0) is 22.2. The maximum absolute atomic E-state index is 14.1. The number of halogens is 1. The second-order valence-corrected chi connectivity index (χ2v) is 11.0. The molecule has 2 saturated carbocycles. The average molecular weight is 431 g/mol. The van der Waals surface area contributed by atoms with Crippen LogP contribution in [0.5, 0.6) is 11.5 Å². The van der Waals surface area contributed by atoms with Crippen LogP contribution in [0.1, 0.15) is 76.2 Å². The van der Waals surface area contributed by atoms with E-state index in [0.29, 0.717) is 30.2 Å². The first kappa shape index (κ1) is 21.4. The van der Waals surface area contributed by atoms with Gasteiger partial charge in [-0.2, -0.15) is 0 Å². The van der Waals surface area contributed by atoms with Gasteiger partial charge in [-0.15, -0.1) is 11.6 Å². The van der Waals surface area contributed by atoms with E-state index < -0.39 is 21.5 Å². The Hall–Kier alpha value is -1.81. The van der Waals surface area contributed by atoms with Gasteiger partial charge in [0, 0.05) is 11.5 Å². The highest BCUT2D eigenvalue weighted by molar-refractivity contribution is 6.53. The molecule has 4 rings (SSSR count). The lowest BCUT2D eigenvalue weighted by Gasteiger charge is -2.40. The Morgan fingerprint density at radius 3 is 2.53 bits per heavy atom. The van der Waals surface area contributed by atoms with Crippen LogP contribution >= 0.6 is 11.6 Å². The summed E-state index contributed by atoms with van der Waals surface area (Å²) in [7, 11) is 0. The number of carbonyl (C=O) groups excluding carboxylic acids is 2. The molecule has 3 aliphatic carbocycles. The first-order valence-corrected chi connectivity index (χ1v) is 11.3. The molecule has 0 heterocycles. The normalized spacial score (nSPS) is 36.8. The third kappa shape index (κ3) is 2.40. The van der Waals surface area contributed by atoms with Gasteiger partial charge in [-0.05, 0) is 68.9 Å². The molecule has 1 aromatic rings. The third-order valence-electron chi connectivity index (χ3n) is 8.27. The Balaban J connectivity index is 1.99.